The Morgan fingerprint density at radius 1 is 1.45 bits per heavy atom. The predicted molar refractivity (Wildman–Crippen MR) is 77.8 cm³/mol. The molecule has 6 nitrogen and oxygen atoms in total. The molecule has 110 valence electrons. The summed E-state index contributed by atoms with van der Waals surface area (Å²) < 4.78 is 0. The monoisotopic (exact) mass is 279 g/mol. The van der Waals surface area contributed by atoms with Gasteiger partial charge in [-0.2, -0.15) is 0 Å². The van der Waals surface area contributed by atoms with Gasteiger partial charge in [0, 0.05) is 44.0 Å². The van der Waals surface area contributed by atoms with Crippen LogP contribution in [0.3, 0.4) is 0 Å². The van der Waals surface area contributed by atoms with Gasteiger partial charge in [0.1, 0.15) is 0 Å². The molecule has 0 saturated carbocycles. The number of nitrogens with zero attached hydrogens (tertiary/aromatic N) is 2. The minimum atomic E-state index is -0.362. The molecule has 1 fully saturated rings. The summed E-state index contributed by atoms with van der Waals surface area (Å²) >= 11 is 0. The summed E-state index contributed by atoms with van der Waals surface area (Å²) in [6, 6.07) is 4.94. The van der Waals surface area contributed by atoms with Crippen LogP contribution in [-0.2, 0) is 6.54 Å². The summed E-state index contributed by atoms with van der Waals surface area (Å²) in [5.74, 6) is 0. The molecule has 0 radical (unpaired) electrons. The number of nitro groups is 1. The van der Waals surface area contributed by atoms with Crippen LogP contribution in [0.1, 0.15) is 25.3 Å². The van der Waals surface area contributed by atoms with Crippen molar-refractivity contribution in [2.75, 3.05) is 25.0 Å². The zero-order valence-corrected chi connectivity index (χ0v) is 11.7. The largest absolute Gasteiger partial charge is 0.393 e. The summed E-state index contributed by atoms with van der Waals surface area (Å²) in [6.45, 7) is 5.12. The first-order chi connectivity index (χ1) is 9.60. The van der Waals surface area contributed by atoms with Gasteiger partial charge in [0.05, 0.1) is 11.0 Å². The zero-order valence-electron chi connectivity index (χ0n) is 11.7. The van der Waals surface area contributed by atoms with Gasteiger partial charge >= 0.3 is 0 Å². The Morgan fingerprint density at radius 3 is 2.75 bits per heavy atom. The van der Waals surface area contributed by atoms with E-state index in [2.05, 4.69) is 10.2 Å². The van der Waals surface area contributed by atoms with E-state index in [4.69, 9.17) is 0 Å². The Hall–Kier alpha value is -1.66. The third kappa shape index (κ3) is 3.68. The second-order valence-corrected chi connectivity index (χ2v) is 5.14. The van der Waals surface area contributed by atoms with E-state index in [0.717, 1.165) is 43.7 Å². The smallest absolute Gasteiger partial charge is 0.269 e. The Morgan fingerprint density at radius 2 is 2.15 bits per heavy atom. The third-order valence-electron chi connectivity index (χ3n) is 3.62. The van der Waals surface area contributed by atoms with Crippen molar-refractivity contribution in [3.63, 3.8) is 0 Å². The second-order valence-electron chi connectivity index (χ2n) is 5.14. The molecule has 0 aromatic heterocycles. The molecule has 1 aromatic rings. The van der Waals surface area contributed by atoms with Crippen LogP contribution in [0.25, 0.3) is 0 Å². The van der Waals surface area contributed by atoms with Gasteiger partial charge in [-0.05, 0) is 31.4 Å². The molecule has 20 heavy (non-hydrogen) atoms. The number of nitro benzene ring substituents is 1. The maximum absolute atomic E-state index is 10.9. The summed E-state index contributed by atoms with van der Waals surface area (Å²) in [4.78, 5) is 12.8. The van der Waals surface area contributed by atoms with Gasteiger partial charge in [0.15, 0.2) is 0 Å². The SMILES string of the molecule is CCNc1ccc([N+](=O)[O-])cc1CN1CCC(O)CC1. The maximum Gasteiger partial charge on any atom is 0.269 e. The van der Waals surface area contributed by atoms with Crippen LogP contribution in [0, 0.1) is 10.1 Å². The average Bonchev–Trinajstić information content (AvgIpc) is 2.43. The fraction of sp³-hybridized carbons (Fsp3) is 0.571. The highest BCUT2D eigenvalue weighted by Crippen LogP contribution is 2.24. The number of hydrogen-bond acceptors (Lipinski definition) is 5. The molecule has 0 spiro atoms. The number of hydrogen-bond donors (Lipinski definition) is 2. The van der Waals surface area contributed by atoms with Gasteiger partial charge in [-0.15, -0.1) is 0 Å². The molecule has 6 heteroatoms. The number of rotatable bonds is 5. The number of anilines is 1. The molecule has 0 atom stereocenters. The van der Waals surface area contributed by atoms with Gasteiger partial charge in [0.25, 0.3) is 5.69 Å². The lowest BCUT2D eigenvalue weighted by Crippen LogP contribution is -2.35. The lowest BCUT2D eigenvalue weighted by molar-refractivity contribution is -0.384. The van der Waals surface area contributed by atoms with E-state index in [1.165, 1.54) is 6.07 Å². The topological polar surface area (TPSA) is 78.6 Å². The number of aliphatic hydroxyl groups excluding tert-OH is 1. The van der Waals surface area contributed by atoms with E-state index in [9.17, 15) is 15.2 Å². The lowest BCUT2D eigenvalue weighted by atomic mass is 10.1. The molecule has 2 N–H and O–H groups in total. The van der Waals surface area contributed by atoms with Gasteiger partial charge in [-0.25, -0.2) is 0 Å². The van der Waals surface area contributed by atoms with Crippen LogP contribution in [0.15, 0.2) is 18.2 Å². The first-order valence-corrected chi connectivity index (χ1v) is 7.01. The number of piperidine rings is 1. The van der Waals surface area contributed by atoms with Crippen LogP contribution in [-0.4, -0.2) is 40.7 Å². The van der Waals surface area contributed by atoms with Crippen LogP contribution in [0.5, 0.6) is 0 Å². The fourth-order valence-electron chi connectivity index (χ4n) is 2.51. The molecule has 0 amide bonds. The number of aliphatic hydroxyl groups is 1. The van der Waals surface area contributed by atoms with E-state index in [0.29, 0.717) is 6.54 Å². The van der Waals surface area contributed by atoms with E-state index in [-0.39, 0.29) is 16.7 Å². The Balaban J connectivity index is 2.14. The third-order valence-corrected chi connectivity index (χ3v) is 3.62. The molecule has 0 bridgehead atoms. The molecule has 1 aliphatic heterocycles. The minimum absolute atomic E-state index is 0.124. The highest BCUT2D eigenvalue weighted by molar-refractivity contribution is 5.56. The van der Waals surface area contributed by atoms with Crippen molar-refractivity contribution in [1.29, 1.82) is 0 Å². The summed E-state index contributed by atoms with van der Waals surface area (Å²) in [5.41, 5.74) is 2.01. The Kier molecular flexibility index (Phi) is 4.92. The summed E-state index contributed by atoms with van der Waals surface area (Å²) in [6.07, 6.45) is 1.33. The average molecular weight is 279 g/mol. The van der Waals surface area contributed by atoms with E-state index in [1.807, 2.05) is 6.92 Å². The first-order valence-electron chi connectivity index (χ1n) is 7.01. The Labute approximate surface area is 118 Å². The highest BCUT2D eigenvalue weighted by atomic mass is 16.6. The highest BCUT2D eigenvalue weighted by Gasteiger charge is 2.19. The summed E-state index contributed by atoms with van der Waals surface area (Å²) in [7, 11) is 0. The molecule has 1 aliphatic rings. The van der Waals surface area contributed by atoms with Gasteiger partial charge in [-0.1, -0.05) is 0 Å². The zero-order chi connectivity index (χ0) is 14.5. The number of likely N-dealkylation sites (tertiary alicyclic amines) is 1. The molecule has 1 heterocycles. The van der Waals surface area contributed by atoms with Gasteiger partial charge in [-0.3, -0.25) is 15.0 Å². The Bertz CT molecular complexity index is 471. The quantitative estimate of drug-likeness (QED) is 0.636. The van der Waals surface area contributed by atoms with Gasteiger partial charge < -0.3 is 10.4 Å². The number of non-ortho nitro benzene ring substituents is 1. The minimum Gasteiger partial charge on any atom is -0.393 e. The standard InChI is InChI=1S/C14H21N3O3/c1-2-15-14-4-3-12(17(19)20)9-11(14)10-16-7-5-13(18)6-8-16/h3-4,9,13,15,18H,2,5-8,10H2,1H3. The normalized spacial score (nSPS) is 17.1. The van der Waals surface area contributed by atoms with Crippen molar-refractivity contribution < 1.29 is 10.0 Å². The van der Waals surface area contributed by atoms with Crippen LogP contribution in [0.4, 0.5) is 11.4 Å². The molecule has 1 saturated heterocycles. The van der Waals surface area contributed by atoms with Crippen molar-refractivity contribution in [2.24, 2.45) is 0 Å². The van der Waals surface area contributed by atoms with Crippen molar-refractivity contribution in [1.82, 2.24) is 4.90 Å². The van der Waals surface area contributed by atoms with Crippen LogP contribution >= 0.6 is 0 Å². The van der Waals surface area contributed by atoms with E-state index >= 15 is 0 Å². The molecule has 0 unspecified atom stereocenters. The second kappa shape index (κ2) is 6.67. The maximum atomic E-state index is 10.9. The van der Waals surface area contributed by atoms with Crippen LogP contribution < -0.4 is 5.32 Å². The first kappa shape index (κ1) is 14.7. The van der Waals surface area contributed by atoms with Crippen molar-refractivity contribution in [3.05, 3.63) is 33.9 Å². The van der Waals surface area contributed by atoms with Crippen LogP contribution in [0.2, 0.25) is 0 Å². The van der Waals surface area contributed by atoms with Crippen molar-refractivity contribution in [2.45, 2.75) is 32.4 Å². The van der Waals surface area contributed by atoms with Gasteiger partial charge in [0.2, 0.25) is 0 Å². The molecule has 0 aliphatic carbocycles. The fourth-order valence-corrected chi connectivity index (χ4v) is 2.51. The number of benzene rings is 1. The van der Waals surface area contributed by atoms with Crippen molar-refractivity contribution in [3.8, 4) is 0 Å². The number of nitrogens with one attached hydrogen (secondary N) is 1. The molecule has 1 aromatic carbocycles. The molecular formula is C14H21N3O3. The van der Waals surface area contributed by atoms with E-state index in [1.54, 1.807) is 12.1 Å². The lowest BCUT2D eigenvalue weighted by Gasteiger charge is -2.30. The summed E-state index contributed by atoms with van der Waals surface area (Å²) in [5, 5.41) is 23.7. The molecular weight excluding hydrogens is 258 g/mol. The molecule has 2 rings (SSSR count). The van der Waals surface area contributed by atoms with E-state index < -0.39 is 0 Å². The predicted octanol–water partition coefficient (Wildman–Crippen LogP) is 1.98. The van der Waals surface area contributed by atoms with Crippen molar-refractivity contribution >= 4 is 11.4 Å².